The van der Waals surface area contributed by atoms with Crippen LogP contribution in [0.3, 0.4) is 0 Å². The summed E-state index contributed by atoms with van der Waals surface area (Å²) in [6.07, 6.45) is 6.06. The predicted molar refractivity (Wildman–Crippen MR) is 83.5 cm³/mol. The standard InChI is InChI=1S/C17H22N2/c1-6-7-8-15(16-11(2)9-13(4)18-16)17-12(3)10-14(5)19-17/h6,9-10,18H,1,7-8H2,2-5H3/b17-15-. The zero-order valence-electron chi connectivity index (χ0n) is 12.3. The third kappa shape index (κ3) is 2.78. The Bertz CT molecular complexity index is 595. The monoisotopic (exact) mass is 254 g/mol. The number of hydrogen-bond donors (Lipinski definition) is 1. The molecule has 1 N–H and O–H groups in total. The van der Waals surface area contributed by atoms with Crippen LogP contribution in [0.1, 0.15) is 43.6 Å². The number of hydrogen-bond acceptors (Lipinski definition) is 1. The van der Waals surface area contributed by atoms with Crippen molar-refractivity contribution in [2.45, 2.75) is 40.5 Å². The van der Waals surface area contributed by atoms with Gasteiger partial charge < -0.3 is 4.98 Å². The van der Waals surface area contributed by atoms with Crippen LogP contribution >= 0.6 is 0 Å². The molecule has 2 nitrogen and oxygen atoms in total. The Morgan fingerprint density at radius 2 is 2.05 bits per heavy atom. The van der Waals surface area contributed by atoms with Gasteiger partial charge >= 0.3 is 0 Å². The van der Waals surface area contributed by atoms with E-state index in [1.54, 1.807) is 0 Å². The molecule has 100 valence electrons. The molecule has 19 heavy (non-hydrogen) atoms. The summed E-state index contributed by atoms with van der Waals surface area (Å²) in [7, 11) is 0. The minimum atomic E-state index is 0.970. The summed E-state index contributed by atoms with van der Waals surface area (Å²) < 4.78 is 0. The second-order valence-electron chi connectivity index (χ2n) is 5.25. The molecule has 1 aliphatic heterocycles. The van der Waals surface area contributed by atoms with Crippen molar-refractivity contribution in [3.05, 3.63) is 53.0 Å². The molecule has 0 saturated heterocycles. The Kier molecular flexibility index (Phi) is 3.89. The van der Waals surface area contributed by atoms with Crippen LogP contribution in [0.4, 0.5) is 0 Å². The maximum Gasteiger partial charge on any atom is 0.0715 e. The number of rotatable bonds is 4. The van der Waals surface area contributed by atoms with Crippen LogP contribution in [0.15, 0.2) is 41.1 Å². The van der Waals surface area contributed by atoms with Gasteiger partial charge in [0.2, 0.25) is 0 Å². The van der Waals surface area contributed by atoms with Crippen LogP contribution < -0.4 is 0 Å². The predicted octanol–water partition coefficient (Wildman–Crippen LogP) is 4.73. The molecule has 2 rings (SSSR count). The van der Waals surface area contributed by atoms with E-state index in [4.69, 9.17) is 4.99 Å². The van der Waals surface area contributed by atoms with Crippen LogP contribution in [0.5, 0.6) is 0 Å². The summed E-state index contributed by atoms with van der Waals surface area (Å²) in [5.41, 5.74) is 8.48. The topological polar surface area (TPSA) is 28.1 Å². The van der Waals surface area contributed by atoms with Crippen molar-refractivity contribution < 1.29 is 0 Å². The lowest BCUT2D eigenvalue weighted by Gasteiger charge is -2.10. The van der Waals surface area contributed by atoms with Crippen molar-refractivity contribution in [2.24, 2.45) is 4.99 Å². The molecule has 0 bridgehead atoms. The molecule has 0 unspecified atom stereocenters. The Morgan fingerprint density at radius 3 is 2.53 bits per heavy atom. The van der Waals surface area contributed by atoms with E-state index in [0.29, 0.717) is 0 Å². The first kappa shape index (κ1) is 13.6. The van der Waals surface area contributed by atoms with E-state index in [-0.39, 0.29) is 0 Å². The normalized spacial score (nSPS) is 17.3. The van der Waals surface area contributed by atoms with Gasteiger partial charge in [-0.3, -0.25) is 4.99 Å². The largest absolute Gasteiger partial charge is 0.359 e. The maximum atomic E-state index is 4.70. The average molecular weight is 254 g/mol. The molecular weight excluding hydrogens is 232 g/mol. The average Bonchev–Trinajstić information content (AvgIpc) is 2.83. The van der Waals surface area contributed by atoms with E-state index in [0.717, 1.165) is 24.3 Å². The van der Waals surface area contributed by atoms with Crippen LogP contribution in [0.25, 0.3) is 5.57 Å². The lowest BCUT2D eigenvalue weighted by atomic mass is 9.99. The van der Waals surface area contributed by atoms with Crippen LogP contribution in [0.2, 0.25) is 0 Å². The molecule has 0 amide bonds. The number of aryl methyl sites for hydroxylation is 2. The molecule has 0 aromatic carbocycles. The lowest BCUT2D eigenvalue weighted by Crippen LogP contribution is -1.94. The van der Waals surface area contributed by atoms with Crippen molar-refractivity contribution in [3.63, 3.8) is 0 Å². The molecule has 0 atom stereocenters. The molecule has 0 aliphatic carbocycles. The van der Waals surface area contributed by atoms with E-state index >= 15 is 0 Å². The highest BCUT2D eigenvalue weighted by molar-refractivity contribution is 5.99. The molecule has 1 aromatic heterocycles. The van der Waals surface area contributed by atoms with Crippen molar-refractivity contribution >= 4 is 11.3 Å². The molecule has 0 fully saturated rings. The van der Waals surface area contributed by atoms with Gasteiger partial charge in [0, 0.05) is 22.7 Å². The minimum absolute atomic E-state index is 0.970. The number of nitrogens with one attached hydrogen (secondary N) is 1. The van der Waals surface area contributed by atoms with Gasteiger partial charge in [-0.1, -0.05) is 6.08 Å². The molecule has 2 heteroatoms. The Morgan fingerprint density at radius 1 is 1.32 bits per heavy atom. The molecule has 2 heterocycles. The van der Waals surface area contributed by atoms with Crippen LogP contribution in [-0.2, 0) is 0 Å². The number of aromatic amines is 1. The van der Waals surface area contributed by atoms with Gasteiger partial charge in [-0.25, -0.2) is 0 Å². The van der Waals surface area contributed by atoms with Crippen molar-refractivity contribution in [3.8, 4) is 0 Å². The summed E-state index contributed by atoms with van der Waals surface area (Å²) in [4.78, 5) is 8.18. The fourth-order valence-electron chi connectivity index (χ4n) is 2.63. The molecule has 1 aliphatic rings. The number of allylic oxidation sites excluding steroid dienone is 4. The Hall–Kier alpha value is -1.83. The summed E-state index contributed by atoms with van der Waals surface area (Å²) in [5, 5.41) is 0. The number of aromatic nitrogens is 1. The van der Waals surface area contributed by atoms with Crippen molar-refractivity contribution in [2.75, 3.05) is 0 Å². The third-order valence-corrected chi connectivity index (χ3v) is 3.42. The van der Waals surface area contributed by atoms with Crippen LogP contribution in [0, 0.1) is 13.8 Å². The number of aliphatic imine (C=N–C) groups is 1. The fraction of sp³-hybridized carbons (Fsp3) is 0.353. The van der Waals surface area contributed by atoms with E-state index in [9.17, 15) is 0 Å². The zero-order valence-corrected chi connectivity index (χ0v) is 12.3. The first-order valence-corrected chi connectivity index (χ1v) is 6.77. The SMILES string of the molecule is C=CCC/C(=C1/N=C(C)C=C1C)c1[nH]c(C)cc1C. The van der Waals surface area contributed by atoms with Gasteiger partial charge in [-0.05, 0) is 63.8 Å². The van der Waals surface area contributed by atoms with Gasteiger partial charge in [0.25, 0.3) is 0 Å². The van der Waals surface area contributed by atoms with E-state index in [1.807, 2.05) is 6.08 Å². The summed E-state index contributed by atoms with van der Waals surface area (Å²) in [6, 6.07) is 2.19. The Balaban J connectivity index is 2.54. The van der Waals surface area contributed by atoms with Crippen molar-refractivity contribution in [1.82, 2.24) is 4.98 Å². The first-order valence-electron chi connectivity index (χ1n) is 6.77. The molecule has 0 saturated carbocycles. The van der Waals surface area contributed by atoms with E-state index < -0.39 is 0 Å². The summed E-state index contributed by atoms with van der Waals surface area (Å²) in [6.45, 7) is 12.3. The van der Waals surface area contributed by atoms with Gasteiger partial charge in [-0.15, -0.1) is 6.58 Å². The highest BCUT2D eigenvalue weighted by Gasteiger charge is 2.17. The molecule has 0 spiro atoms. The molecule has 1 aromatic rings. The van der Waals surface area contributed by atoms with Gasteiger partial charge in [0.1, 0.15) is 0 Å². The van der Waals surface area contributed by atoms with Gasteiger partial charge in [0.05, 0.1) is 5.70 Å². The zero-order chi connectivity index (χ0) is 14.0. The van der Waals surface area contributed by atoms with Crippen LogP contribution in [-0.4, -0.2) is 10.7 Å². The highest BCUT2D eigenvalue weighted by atomic mass is 14.8. The van der Waals surface area contributed by atoms with Gasteiger partial charge in [-0.2, -0.15) is 0 Å². The Labute approximate surface area is 115 Å². The van der Waals surface area contributed by atoms with Gasteiger partial charge in [0.15, 0.2) is 0 Å². The molecular formula is C17H22N2. The third-order valence-electron chi connectivity index (χ3n) is 3.42. The lowest BCUT2D eigenvalue weighted by molar-refractivity contribution is 1.04. The minimum Gasteiger partial charge on any atom is -0.359 e. The first-order chi connectivity index (χ1) is 9.02. The number of H-pyrrole nitrogens is 1. The fourth-order valence-corrected chi connectivity index (χ4v) is 2.63. The summed E-state index contributed by atoms with van der Waals surface area (Å²) >= 11 is 0. The second-order valence-corrected chi connectivity index (χ2v) is 5.25. The maximum absolute atomic E-state index is 4.70. The second kappa shape index (κ2) is 5.43. The van der Waals surface area contributed by atoms with E-state index in [1.165, 1.54) is 28.1 Å². The smallest absolute Gasteiger partial charge is 0.0715 e. The van der Waals surface area contributed by atoms with E-state index in [2.05, 4.69) is 51.4 Å². The quantitative estimate of drug-likeness (QED) is 0.752. The molecule has 0 radical (unpaired) electrons. The highest BCUT2D eigenvalue weighted by Crippen LogP contribution is 2.33. The number of nitrogens with zero attached hydrogens (tertiary/aromatic N) is 1. The summed E-state index contributed by atoms with van der Waals surface area (Å²) in [5.74, 6) is 0. The van der Waals surface area contributed by atoms with Crippen molar-refractivity contribution in [1.29, 1.82) is 0 Å².